The third-order valence-corrected chi connectivity index (χ3v) is 4.26. The van der Waals surface area contributed by atoms with E-state index in [1.165, 1.54) is 6.26 Å². The number of piperidine rings is 1. The average molecular weight is 331 g/mol. The Morgan fingerprint density at radius 1 is 1.38 bits per heavy atom. The van der Waals surface area contributed by atoms with Gasteiger partial charge in [0.05, 0.1) is 12.8 Å². The van der Waals surface area contributed by atoms with Crippen LogP contribution in [-0.4, -0.2) is 34.8 Å². The first-order valence-electron chi connectivity index (χ1n) is 8.12. The number of rotatable bonds is 4. The second-order valence-corrected chi connectivity index (χ2v) is 6.15. The predicted octanol–water partition coefficient (Wildman–Crippen LogP) is 2.38. The van der Waals surface area contributed by atoms with Crippen molar-refractivity contribution in [1.82, 2.24) is 15.2 Å². The van der Waals surface area contributed by atoms with E-state index in [-0.39, 0.29) is 24.1 Å². The molecule has 0 bridgehead atoms. The molecule has 0 unspecified atom stereocenters. The summed E-state index contributed by atoms with van der Waals surface area (Å²) in [6.07, 6.45) is 3.45. The molecule has 0 atom stereocenters. The van der Waals surface area contributed by atoms with Crippen LogP contribution in [-0.2, 0) is 6.54 Å². The van der Waals surface area contributed by atoms with Gasteiger partial charge in [-0.05, 0) is 37.8 Å². The first-order valence-corrected chi connectivity index (χ1v) is 8.12. The van der Waals surface area contributed by atoms with Gasteiger partial charge in [0.1, 0.15) is 5.76 Å². The zero-order valence-electron chi connectivity index (χ0n) is 13.9. The lowest BCUT2D eigenvalue weighted by molar-refractivity contribution is 0.0690. The molecule has 0 aromatic carbocycles. The fraction of sp³-hybridized carbons (Fsp3) is 0.471. The molecule has 1 fully saturated rings. The Kier molecular flexibility index (Phi) is 4.69. The van der Waals surface area contributed by atoms with Crippen LogP contribution in [0.25, 0.3) is 0 Å². The number of furan rings is 1. The van der Waals surface area contributed by atoms with Gasteiger partial charge in [0.15, 0.2) is 11.5 Å². The number of hydrogen-bond acceptors (Lipinski definition) is 5. The summed E-state index contributed by atoms with van der Waals surface area (Å²) < 4.78 is 10.5. The topological polar surface area (TPSA) is 88.6 Å². The molecule has 0 aliphatic carbocycles. The summed E-state index contributed by atoms with van der Waals surface area (Å²) in [4.78, 5) is 30.5. The smallest absolute Gasteiger partial charge is 0.287 e. The van der Waals surface area contributed by atoms with Crippen LogP contribution < -0.4 is 5.32 Å². The summed E-state index contributed by atoms with van der Waals surface area (Å²) >= 11 is 0. The van der Waals surface area contributed by atoms with E-state index >= 15 is 0 Å². The second kappa shape index (κ2) is 6.90. The number of nitrogens with one attached hydrogen (secondary N) is 1. The van der Waals surface area contributed by atoms with Crippen LogP contribution in [0.1, 0.15) is 52.5 Å². The summed E-state index contributed by atoms with van der Waals surface area (Å²) in [6, 6.07) is 3.21. The molecule has 3 rings (SSSR count). The maximum Gasteiger partial charge on any atom is 0.287 e. The van der Waals surface area contributed by atoms with Gasteiger partial charge in [0, 0.05) is 13.1 Å². The largest absolute Gasteiger partial charge is 0.459 e. The molecule has 1 N–H and O–H groups in total. The number of oxazole rings is 1. The highest BCUT2D eigenvalue weighted by Crippen LogP contribution is 2.19. The summed E-state index contributed by atoms with van der Waals surface area (Å²) in [5.41, 5.74) is 0.326. The van der Waals surface area contributed by atoms with Crippen molar-refractivity contribution in [2.75, 3.05) is 13.1 Å². The fourth-order valence-electron chi connectivity index (χ4n) is 2.74. The van der Waals surface area contributed by atoms with Crippen LogP contribution in [0.15, 0.2) is 27.2 Å². The standard InChI is InChI=1S/C17H21N3O4/c1-11-5-7-20(8-6-11)17(22)15-12(2)24-14(19-15)10-18-16(21)13-4-3-9-23-13/h3-4,9,11H,5-8,10H2,1-2H3,(H,18,21). The number of nitrogens with zero attached hydrogens (tertiary/aromatic N) is 2. The van der Waals surface area contributed by atoms with Crippen LogP contribution in [0.5, 0.6) is 0 Å². The highest BCUT2D eigenvalue weighted by molar-refractivity contribution is 5.93. The van der Waals surface area contributed by atoms with Crippen molar-refractivity contribution in [3.05, 3.63) is 41.5 Å². The van der Waals surface area contributed by atoms with Crippen LogP contribution in [0.2, 0.25) is 0 Å². The summed E-state index contributed by atoms with van der Waals surface area (Å²) in [5.74, 6) is 1.19. The Bertz CT molecular complexity index is 712. The Labute approximate surface area is 140 Å². The molecule has 128 valence electrons. The minimum atomic E-state index is -0.353. The number of carbonyl (C=O) groups is 2. The fourth-order valence-corrected chi connectivity index (χ4v) is 2.74. The highest BCUT2D eigenvalue weighted by atomic mass is 16.4. The Morgan fingerprint density at radius 2 is 2.12 bits per heavy atom. The van der Waals surface area contributed by atoms with Crippen molar-refractivity contribution in [1.29, 1.82) is 0 Å². The van der Waals surface area contributed by atoms with Gasteiger partial charge in [-0.15, -0.1) is 0 Å². The van der Waals surface area contributed by atoms with Gasteiger partial charge in [0.25, 0.3) is 11.8 Å². The number of likely N-dealkylation sites (tertiary alicyclic amines) is 1. The number of hydrogen-bond donors (Lipinski definition) is 1. The molecule has 3 heterocycles. The van der Waals surface area contributed by atoms with Gasteiger partial charge in [0.2, 0.25) is 5.89 Å². The van der Waals surface area contributed by atoms with Gasteiger partial charge < -0.3 is 19.1 Å². The van der Waals surface area contributed by atoms with Gasteiger partial charge in [-0.2, -0.15) is 0 Å². The van der Waals surface area contributed by atoms with Crippen LogP contribution in [0.4, 0.5) is 0 Å². The number of aryl methyl sites for hydroxylation is 1. The molecule has 1 aliphatic heterocycles. The van der Waals surface area contributed by atoms with E-state index in [9.17, 15) is 9.59 Å². The summed E-state index contributed by atoms with van der Waals surface area (Å²) in [7, 11) is 0. The average Bonchev–Trinajstić information content (AvgIpc) is 3.22. The van der Waals surface area contributed by atoms with Crippen molar-refractivity contribution in [3.8, 4) is 0 Å². The van der Waals surface area contributed by atoms with Crippen molar-refractivity contribution in [2.45, 2.75) is 33.2 Å². The van der Waals surface area contributed by atoms with Gasteiger partial charge in [-0.1, -0.05) is 6.92 Å². The van der Waals surface area contributed by atoms with E-state index in [2.05, 4.69) is 17.2 Å². The maximum atomic E-state index is 12.6. The molecule has 2 aromatic rings. The molecule has 1 aliphatic rings. The summed E-state index contributed by atoms with van der Waals surface area (Å²) in [6.45, 7) is 5.51. The van der Waals surface area contributed by atoms with Gasteiger partial charge >= 0.3 is 0 Å². The number of aromatic nitrogens is 1. The molecular weight excluding hydrogens is 310 g/mol. The normalized spacial score (nSPS) is 15.5. The lowest BCUT2D eigenvalue weighted by Gasteiger charge is -2.29. The van der Waals surface area contributed by atoms with E-state index in [4.69, 9.17) is 8.83 Å². The first-order chi connectivity index (χ1) is 11.5. The molecule has 24 heavy (non-hydrogen) atoms. The molecule has 2 amide bonds. The quantitative estimate of drug-likeness (QED) is 0.929. The van der Waals surface area contributed by atoms with Gasteiger partial charge in [-0.25, -0.2) is 4.98 Å². The van der Waals surface area contributed by atoms with Crippen molar-refractivity contribution < 1.29 is 18.4 Å². The lowest BCUT2D eigenvalue weighted by Crippen LogP contribution is -2.38. The third kappa shape index (κ3) is 3.50. The van der Waals surface area contributed by atoms with Crippen LogP contribution in [0, 0.1) is 12.8 Å². The SMILES string of the molecule is Cc1oc(CNC(=O)c2ccco2)nc1C(=O)N1CCC(C)CC1. The first kappa shape index (κ1) is 16.3. The zero-order chi connectivity index (χ0) is 17.1. The number of carbonyl (C=O) groups excluding carboxylic acids is 2. The zero-order valence-corrected chi connectivity index (χ0v) is 13.9. The van der Waals surface area contributed by atoms with E-state index in [0.29, 0.717) is 23.3 Å². The molecule has 0 saturated carbocycles. The highest BCUT2D eigenvalue weighted by Gasteiger charge is 2.26. The second-order valence-electron chi connectivity index (χ2n) is 6.15. The Balaban J connectivity index is 1.62. The van der Waals surface area contributed by atoms with Crippen molar-refractivity contribution in [3.63, 3.8) is 0 Å². The predicted molar refractivity (Wildman–Crippen MR) is 85.4 cm³/mol. The number of amides is 2. The van der Waals surface area contributed by atoms with Crippen LogP contribution in [0.3, 0.4) is 0 Å². The molecule has 1 saturated heterocycles. The minimum Gasteiger partial charge on any atom is -0.459 e. The molecule has 7 heteroatoms. The van der Waals surface area contributed by atoms with Crippen molar-refractivity contribution in [2.24, 2.45) is 5.92 Å². The van der Waals surface area contributed by atoms with Gasteiger partial charge in [-0.3, -0.25) is 9.59 Å². The Hall–Kier alpha value is -2.57. The van der Waals surface area contributed by atoms with Crippen LogP contribution >= 0.6 is 0 Å². The molecular formula is C17H21N3O4. The monoisotopic (exact) mass is 331 g/mol. The minimum absolute atomic E-state index is 0.102. The third-order valence-electron chi connectivity index (χ3n) is 4.26. The Morgan fingerprint density at radius 3 is 2.79 bits per heavy atom. The maximum absolute atomic E-state index is 12.6. The summed E-state index contributed by atoms with van der Waals surface area (Å²) in [5, 5.41) is 2.65. The molecule has 2 aromatic heterocycles. The van der Waals surface area contributed by atoms with E-state index < -0.39 is 0 Å². The van der Waals surface area contributed by atoms with E-state index in [0.717, 1.165) is 25.9 Å². The van der Waals surface area contributed by atoms with Crippen molar-refractivity contribution >= 4 is 11.8 Å². The van der Waals surface area contributed by atoms with E-state index in [1.54, 1.807) is 19.1 Å². The van der Waals surface area contributed by atoms with E-state index in [1.807, 2.05) is 4.90 Å². The lowest BCUT2D eigenvalue weighted by atomic mass is 9.99. The molecule has 7 nitrogen and oxygen atoms in total. The molecule has 0 spiro atoms. The molecule has 0 radical (unpaired) electrons.